The van der Waals surface area contributed by atoms with Crippen molar-refractivity contribution in [3.8, 4) is 0 Å². The molecule has 1 saturated heterocycles. The van der Waals surface area contributed by atoms with Crippen LogP contribution in [0, 0.1) is 34.5 Å². The molecule has 0 bridgehead atoms. The van der Waals surface area contributed by atoms with Crippen LogP contribution in [0.25, 0.3) is 0 Å². The van der Waals surface area contributed by atoms with Gasteiger partial charge in [-0.1, -0.05) is 18.6 Å². The molecule has 5 rings (SSSR count). The lowest BCUT2D eigenvalue weighted by molar-refractivity contribution is -0.111. The molecule has 1 aliphatic heterocycles. The zero-order chi connectivity index (χ0) is 15.8. The molecule has 4 fully saturated rings. The third kappa shape index (κ3) is 1.71. The van der Waals surface area contributed by atoms with Crippen LogP contribution in [0.4, 0.5) is 0 Å². The van der Waals surface area contributed by atoms with E-state index in [9.17, 15) is 4.79 Å². The van der Waals surface area contributed by atoms with E-state index in [0.29, 0.717) is 5.41 Å². The van der Waals surface area contributed by atoms with Crippen molar-refractivity contribution in [2.45, 2.75) is 58.4 Å². The second kappa shape index (κ2) is 4.59. The van der Waals surface area contributed by atoms with Crippen LogP contribution in [0.5, 0.6) is 0 Å². The fourth-order valence-electron chi connectivity index (χ4n) is 7.64. The predicted octanol–water partition coefficient (Wildman–Crippen LogP) is 3.88. The van der Waals surface area contributed by atoms with E-state index in [2.05, 4.69) is 25.2 Å². The molecule has 1 N–H and O–H groups in total. The van der Waals surface area contributed by atoms with E-state index in [1.54, 1.807) is 0 Å². The number of fused-ring (bicyclic) bond motifs is 4. The molecule has 0 unspecified atom stereocenters. The number of ketones is 1. The third-order valence-electron chi connectivity index (χ3n) is 8.70. The lowest BCUT2D eigenvalue weighted by atomic mass is 9.47. The number of carbonyl (C=O) groups excluding carboxylic acids is 1. The van der Waals surface area contributed by atoms with Crippen molar-refractivity contribution in [1.82, 2.24) is 5.32 Å². The van der Waals surface area contributed by atoms with Crippen LogP contribution in [0.3, 0.4) is 0 Å². The first-order chi connectivity index (χ1) is 11.0. The van der Waals surface area contributed by atoms with Gasteiger partial charge in [0.2, 0.25) is 0 Å². The SMILES string of the molecule is C[C@@H]1NC[C@]23CC[C@H]4[C@@H](CCC5=CC(=O)C=C[C@@]54C)[C@@H]2CC[C@H]13. The summed E-state index contributed by atoms with van der Waals surface area (Å²) in [5.41, 5.74) is 2.19. The molecule has 2 heteroatoms. The lowest BCUT2D eigenvalue weighted by Gasteiger charge is -2.57. The van der Waals surface area contributed by atoms with Gasteiger partial charge < -0.3 is 5.32 Å². The fraction of sp³-hybridized carbons (Fsp3) is 0.762. The summed E-state index contributed by atoms with van der Waals surface area (Å²) >= 11 is 0. The second-order valence-electron chi connectivity index (χ2n) is 9.23. The van der Waals surface area contributed by atoms with Crippen molar-refractivity contribution < 1.29 is 4.79 Å². The van der Waals surface area contributed by atoms with Crippen molar-refractivity contribution in [2.24, 2.45) is 34.5 Å². The zero-order valence-electron chi connectivity index (χ0n) is 14.5. The van der Waals surface area contributed by atoms with E-state index in [1.807, 2.05) is 12.2 Å². The summed E-state index contributed by atoms with van der Waals surface area (Å²) < 4.78 is 0. The maximum Gasteiger partial charge on any atom is 0.178 e. The number of carbonyl (C=O) groups is 1. The zero-order valence-corrected chi connectivity index (χ0v) is 14.5. The van der Waals surface area contributed by atoms with E-state index < -0.39 is 0 Å². The Bertz CT molecular complexity index is 619. The topological polar surface area (TPSA) is 29.1 Å². The Morgan fingerprint density at radius 3 is 2.83 bits per heavy atom. The van der Waals surface area contributed by atoms with Crippen molar-refractivity contribution in [1.29, 1.82) is 0 Å². The van der Waals surface area contributed by atoms with E-state index >= 15 is 0 Å². The van der Waals surface area contributed by atoms with Crippen LogP contribution in [-0.4, -0.2) is 18.4 Å². The average molecular weight is 311 g/mol. The first-order valence-electron chi connectivity index (χ1n) is 9.72. The Hall–Kier alpha value is -0.890. The summed E-state index contributed by atoms with van der Waals surface area (Å²) in [4.78, 5) is 11.8. The smallest absolute Gasteiger partial charge is 0.178 e. The molecule has 0 aromatic rings. The molecule has 0 radical (unpaired) electrons. The summed E-state index contributed by atoms with van der Waals surface area (Å²) in [6, 6.07) is 0.721. The molecule has 0 aromatic carbocycles. The molecule has 7 atom stereocenters. The molecule has 23 heavy (non-hydrogen) atoms. The number of hydrogen-bond acceptors (Lipinski definition) is 2. The molecule has 124 valence electrons. The fourth-order valence-corrected chi connectivity index (χ4v) is 7.64. The van der Waals surface area contributed by atoms with Gasteiger partial charge in [0.15, 0.2) is 5.78 Å². The molecule has 4 aliphatic carbocycles. The first kappa shape index (κ1) is 14.5. The van der Waals surface area contributed by atoms with Gasteiger partial charge in [-0.3, -0.25) is 4.79 Å². The summed E-state index contributed by atoms with van der Waals surface area (Å²) in [7, 11) is 0. The molecule has 1 heterocycles. The second-order valence-corrected chi connectivity index (χ2v) is 9.23. The van der Waals surface area contributed by atoms with Gasteiger partial charge in [-0.25, -0.2) is 0 Å². The minimum Gasteiger partial charge on any atom is -0.313 e. The number of nitrogens with one attached hydrogen (secondary N) is 1. The summed E-state index contributed by atoms with van der Waals surface area (Å²) in [6.45, 7) is 6.09. The highest BCUT2D eigenvalue weighted by molar-refractivity contribution is 6.01. The molecular weight excluding hydrogens is 282 g/mol. The van der Waals surface area contributed by atoms with Gasteiger partial charge in [-0.05, 0) is 86.7 Å². The molecule has 1 spiro atoms. The Balaban J connectivity index is 1.51. The maximum atomic E-state index is 11.8. The van der Waals surface area contributed by atoms with E-state index in [-0.39, 0.29) is 11.2 Å². The molecular formula is C21H29NO. The maximum absolute atomic E-state index is 11.8. The number of hydrogen-bond donors (Lipinski definition) is 1. The summed E-state index contributed by atoms with van der Waals surface area (Å²) in [5, 5.41) is 3.81. The molecule has 5 aliphatic rings. The first-order valence-corrected chi connectivity index (χ1v) is 9.72. The lowest BCUT2D eigenvalue weighted by Crippen LogP contribution is -2.51. The van der Waals surface area contributed by atoms with Gasteiger partial charge in [0.05, 0.1) is 0 Å². The van der Waals surface area contributed by atoms with Crippen LogP contribution in [0.2, 0.25) is 0 Å². The Kier molecular flexibility index (Phi) is 2.89. The quantitative estimate of drug-likeness (QED) is 0.735. The van der Waals surface area contributed by atoms with Crippen molar-refractivity contribution in [3.63, 3.8) is 0 Å². The monoisotopic (exact) mass is 311 g/mol. The van der Waals surface area contributed by atoms with Crippen LogP contribution in [0.1, 0.15) is 52.4 Å². The van der Waals surface area contributed by atoms with Crippen molar-refractivity contribution in [2.75, 3.05) is 6.54 Å². The summed E-state index contributed by atoms with van der Waals surface area (Å²) in [5.74, 6) is 3.69. The van der Waals surface area contributed by atoms with Gasteiger partial charge >= 0.3 is 0 Å². The van der Waals surface area contributed by atoms with Crippen LogP contribution < -0.4 is 5.32 Å². The number of rotatable bonds is 0. The molecule has 2 nitrogen and oxygen atoms in total. The van der Waals surface area contributed by atoms with E-state index in [0.717, 1.165) is 36.1 Å². The highest BCUT2D eigenvalue weighted by atomic mass is 16.1. The third-order valence-corrected chi connectivity index (χ3v) is 8.70. The normalized spacial score (nSPS) is 54.1. The van der Waals surface area contributed by atoms with Crippen LogP contribution >= 0.6 is 0 Å². The van der Waals surface area contributed by atoms with Gasteiger partial charge in [-0.15, -0.1) is 0 Å². The number of allylic oxidation sites excluding steroid dienone is 4. The van der Waals surface area contributed by atoms with E-state index in [1.165, 1.54) is 44.2 Å². The Labute approximate surface area is 139 Å². The predicted molar refractivity (Wildman–Crippen MR) is 91.9 cm³/mol. The molecule has 0 aromatic heterocycles. The van der Waals surface area contributed by atoms with Crippen LogP contribution in [0.15, 0.2) is 23.8 Å². The molecule has 0 amide bonds. The minimum absolute atomic E-state index is 0.161. The highest BCUT2D eigenvalue weighted by Gasteiger charge is 2.62. The minimum atomic E-state index is 0.161. The Morgan fingerprint density at radius 1 is 1.13 bits per heavy atom. The van der Waals surface area contributed by atoms with Gasteiger partial charge in [0.1, 0.15) is 0 Å². The Morgan fingerprint density at radius 2 is 1.96 bits per heavy atom. The van der Waals surface area contributed by atoms with Crippen molar-refractivity contribution >= 4 is 5.78 Å². The molecule has 3 saturated carbocycles. The average Bonchev–Trinajstić information content (AvgIpc) is 3.06. The van der Waals surface area contributed by atoms with E-state index in [4.69, 9.17) is 0 Å². The largest absolute Gasteiger partial charge is 0.313 e. The van der Waals surface area contributed by atoms with Gasteiger partial charge in [-0.2, -0.15) is 0 Å². The summed E-state index contributed by atoms with van der Waals surface area (Å²) in [6.07, 6.45) is 14.2. The van der Waals surface area contributed by atoms with Crippen molar-refractivity contribution in [3.05, 3.63) is 23.8 Å². The van der Waals surface area contributed by atoms with Crippen LogP contribution in [-0.2, 0) is 4.79 Å². The highest BCUT2D eigenvalue weighted by Crippen LogP contribution is 2.67. The standard InChI is InChI=1S/C21H29NO/c1-13-17-5-6-19-16-4-3-14-11-15(23)7-9-20(14,2)18(16)8-10-21(17,19)12-22-13/h7,9,11,13,16-19,22H,3-6,8,10,12H2,1-2H3/t13-,16+,17+,18-,19-,20-,21-/m0/s1. The van der Waals surface area contributed by atoms with Gasteiger partial charge in [0, 0.05) is 18.0 Å². The van der Waals surface area contributed by atoms with Gasteiger partial charge in [0.25, 0.3) is 0 Å².